The van der Waals surface area contributed by atoms with E-state index < -0.39 is 5.97 Å². The average Bonchev–Trinajstić information content (AvgIpc) is 3.06. The van der Waals surface area contributed by atoms with Crippen LogP contribution in [-0.4, -0.2) is 23.3 Å². The molecule has 166 valence electrons. The van der Waals surface area contributed by atoms with E-state index in [-0.39, 0.29) is 28.1 Å². The Hall–Kier alpha value is -2.40. The molecular weight excluding hydrogens is 414 g/mol. The van der Waals surface area contributed by atoms with Crippen LogP contribution < -0.4 is 10.1 Å². The van der Waals surface area contributed by atoms with E-state index in [4.69, 9.17) is 16.3 Å². The van der Waals surface area contributed by atoms with Gasteiger partial charge < -0.3 is 20.3 Å². The van der Waals surface area contributed by atoms with Crippen LogP contribution in [0.5, 0.6) is 11.5 Å². The predicted molar refractivity (Wildman–Crippen MR) is 122 cm³/mol. The van der Waals surface area contributed by atoms with Crippen LogP contribution in [0.25, 0.3) is 0 Å². The topological polar surface area (TPSA) is 78.8 Å². The molecule has 31 heavy (non-hydrogen) atoms. The zero-order valence-electron chi connectivity index (χ0n) is 18.5. The van der Waals surface area contributed by atoms with Crippen molar-refractivity contribution in [3.8, 4) is 11.5 Å². The maximum absolute atomic E-state index is 11.9. The molecule has 2 aliphatic carbocycles. The van der Waals surface area contributed by atoms with Crippen molar-refractivity contribution in [2.75, 3.05) is 12.4 Å². The van der Waals surface area contributed by atoms with Gasteiger partial charge in [-0.05, 0) is 72.3 Å². The number of ether oxygens (including phenoxy) is 1. The molecule has 2 aromatic carbocycles. The number of phenols is 1. The maximum atomic E-state index is 11.9. The molecule has 3 unspecified atom stereocenters. The minimum absolute atomic E-state index is 0.0523. The van der Waals surface area contributed by atoms with Crippen molar-refractivity contribution >= 4 is 23.3 Å². The van der Waals surface area contributed by atoms with Crippen LogP contribution in [0.1, 0.15) is 67.4 Å². The quantitative estimate of drug-likeness (QED) is 0.488. The Bertz CT molecular complexity index is 1030. The number of carboxylic acids is 1. The number of methoxy groups -OCH3 is 1. The zero-order valence-corrected chi connectivity index (χ0v) is 19.2. The number of carbonyl (C=O) groups is 1. The fraction of sp³-hybridized carbons (Fsp3) is 0.480. The first-order valence-electron chi connectivity index (χ1n) is 10.8. The molecule has 2 aliphatic rings. The van der Waals surface area contributed by atoms with Crippen LogP contribution in [-0.2, 0) is 6.54 Å². The summed E-state index contributed by atoms with van der Waals surface area (Å²) in [4.78, 5) is 11.9. The molecule has 4 rings (SSSR count). The van der Waals surface area contributed by atoms with E-state index in [1.165, 1.54) is 6.42 Å². The van der Waals surface area contributed by atoms with Gasteiger partial charge in [-0.25, -0.2) is 4.79 Å². The summed E-state index contributed by atoms with van der Waals surface area (Å²) in [5.41, 5.74) is 2.86. The number of hydrogen-bond donors (Lipinski definition) is 3. The third kappa shape index (κ3) is 3.34. The normalized spacial score (nSPS) is 26.1. The van der Waals surface area contributed by atoms with Crippen LogP contribution in [0.2, 0.25) is 5.02 Å². The first-order chi connectivity index (χ1) is 14.6. The lowest BCUT2D eigenvalue weighted by Crippen LogP contribution is -2.32. The van der Waals surface area contributed by atoms with E-state index in [1.54, 1.807) is 31.4 Å². The molecule has 0 heterocycles. The number of hydrogen-bond acceptors (Lipinski definition) is 4. The van der Waals surface area contributed by atoms with Crippen molar-refractivity contribution in [3.63, 3.8) is 0 Å². The number of carboxylic acid groups (broad SMARTS) is 1. The minimum Gasteiger partial charge on any atom is -0.508 e. The summed E-state index contributed by atoms with van der Waals surface area (Å²) in [7, 11) is 1.54. The highest BCUT2D eigenvalue weighted by Crippen LogP contribution is 2.72. The summed E-state index contributed by atoms with van der Waals surface area (Å²) >= 11 is 6.11. The first-order valence-corrected chi connectivity index (χ1v) is 11.1. The molecule has 0 radical (unpaired) electrons. The number of phenolic OH excluding ortho intramolecular Hbond substituents is 1. The number of fused-ring (bicyclic) bond motifs is 2. The lowest BCUT2D eigenvalue weighted by molar-refractivity contribution is 0.0692. The molecule has 0 aliphatic heterocycles. The monoisotopic (exact) mass is 443 g/mol. The van der Waals surface area contributed by atoms with E-state index in [1.807, 2.05) is 6.07 Å². The Morgan fingerprint density at radius 3 is 2.58 bits per heavy atom. The summed E-state index contributed by atoms with van der Waals surface area (Å²) in [6, 6.07) is 8.37. The second kappa shape index (κ2) is 7.63. The Morgan fingerprint density at radius 1 is 1.26 bits per heavy atom. The van der Waals surface area contributed by atoms with Gasteiger partial charge in [-0.3, -0.25) is 0 Å². The van der Waals surface area contributed by atoms with Gasteiger partial charge in [0.05, 0.1) is 7.11 Å². The van der Waals surface area contributed by atoms with E-state index in [0.717, 1.165) is 24.1 Å². The predicted octanol–water partition coefficient (Wildman–Crippen LogP) is 6.29. The second-order valence-corrected chi connectivity index (χ2v) is 10.1. The molecule has 6 heteroatoms. The van der Waals surface area contributed by atoms with Gasteiger partial charge in [-0.15, -0.1) is 0 Å². The standard InChI is InChI=1S/C25H30ClNO4/c1-24(2)15-9-10-25(24,3)18(12-15)21-19(7-6-17(23(29)30)22(21)31-4)27-13-14-11-16(26)5-8-20(14)28/h5-8,11,15,18,27-28H,9-10,12-13H2,1-4H3,(H,29,30). The van der Waals surface area contributed by atoms with Gasteiger partial charge in [-0.2, -0.15) is 0 Å². The number of nitrogens with one attached hydrogen (secondary N) is 1. The Balaban J connectivity index is 1.79. The third-order valence-electron chi connectivity index (χ3n) is 8.28. The molecule has 2 bridgehead atoms. The highest BCUT2D eigenvalue weighted by molar-refractivity contribution is 6.30. The molecule has 2 aromatic rings. The number of aromatic carboxylic acids is 1. The average molecular weight is 444 g/mol. The van der Waals surface area contributed by atoms with Gasteiger partial charge in [0.25, 0.3) is 0 Å². The minimum atomic E-state index is -0.996. The summed E-state index contributed by atoms with van der Waals surface area (Å²) < 4.78 is 5.72. The molecule has 0 amide bonds. The highest BCUT2D eigenvalue weighted by Gasteiger charge is 2.62. The summed E-state index contributed by atoms with van der Waals surface area (Å²) in [6.07, 6.45) is 3.34. The molecule has 0 aromatic heterocycles. The van der Waals surface area contributed by atoms with Gasteiger partial charge in [0.15, 0.2) is 0 Å². The zero-order chi connectivity index (χ0) is 22.6. The van der Waals surface area contributed by atoms with Crippen LogP contribution >= 0.6 is 11.6 Å². The molecule has 2 saturated carbocycles. The number of aromatic hydroxyl groups is 1. The molecule has 0 spiro atoms. The van der Waals surface area contributed by atoms with Gasteiger partial charge in [0, 0.05) is 28.4 Å². The molecule has 5 nitrogen and oxygen atoms in total. The molecule has 2 fully saturated rings. The van der Waals surface area contributed by atoms with Crippen molar-refractivity contribution in [2.45, 2.75) is 52.5 Å². The van der Waals surface area contributed by atoms with Crippen LogP contribution in [0.15, 0.2) is 30.3 Å². The van der Waals surface area contributed by atoms with E-state index in [0.29, 0.717) is 28.8 Å². The highest BCUT2D eigenvalue weighted by atomic mass is 35.5. The summed E-state index contributed by atoms with van der Waals surface area (Å²) in [5, 5.41) is 24.0. The van der Waals surface area contributed by atoms with Gasteiger partial charge in [0.2, 0.25) is 0 Å². The fourth-order valence-corrected chi connectivity index (χ4v) is 6.21. The SMILES string of the molecule is COc1c(C(=O)O)ccc(NCc2cc(Cl)ccc2O)c1C1CC2CCC1(C)C2(C)C. The van der Waals surface area contributed by atoms with Gasteiger partial charge in [-0.1, -0.05) is 32.4 Å². The summed E-state index contributed by atoms with van der Waals surface area (Å²) in [6.45, 7) is 7.39. The number of benzene rings is 2. The van der Waals surface area contributed by atoms with Crippen LogP contribution in [0.4, 0.5) is 5.69 Å². The Labute approximate surface area is 188 Å². The number of rotatable bonds is 6. The van der Waals surface area contributed by atoms with Crippen molar-refractivity contribution < 1.29 is 19.7 Å². The van der Waals surface area contributed by atoms with Crippen molar-refractivity contribution in [2.24, 2.45) is 16.7 Å². The smallest absolute Gasteiger partial charge is 0.339 e. The lowest BCUT2D eigenvalue weighted by atomic mass is 9.64. The first kappa shape index (κ1) is 21.8. The molecule has 3 N–H and O–H groups in total. The van der Waals surface area contributed by atoms with E-state index in [2.05, 4.69) is 26.1 Å². The van der Waals surface area contributed by atoms with Gasteiger partial charge >= 0.3 is 5.97 Å². The number of halogens is 1. The Kier molecular flexibility index (Phi) is 5.37. The van der Waals surface area contributed by atoms with Crippen molar-refractivity contribution in [3.05, 3.63) is 52.0 Å². The Morgan fingerprint density at radius 2 is 2.00 bits per heavy atom. The van der Waals surface area contributed by atoms with Gasteiger partial charge in [0.1, 0.15) is 17.1 Å². The van der Waals surface area contributed by atoms with E-state index in [9.17, 15) is 15.0 Å². The van der Waals surface area contributed by atoms with Crippen molar-refractivity contribution in [1.29, 1.82) is 0 Å². The number of anilines is 1. The molecular formula is C25H30ClNO4. The largest absolute Gasteiger partial charge is 0.508 e. The molecule has 0 saturated heterocycles. The van der Waals surface area contributed by atoms with E-state index >= 15 is 0 Å². The maximum Gasteiger partial charge on any atom is 0.339 e. The summed E-state index contributed by atoms with van der Waals surface area (Å²) in [5.74, 6) is 0.393. The second-order valence-electron chi connectivity index (χ2n) is 9.70. The van der Waals surface area contributed by atoms with Crippen molar-refractivity contribution in [1.82, 2.24) is 0 Å². The fourth-order valence-electron chi connectivity index (χ4n) is 6.01. The van der Waals surface area contributed by atoms with Crippen LogP contribution in [0, 0.1) is 16.7 Å². The lowest BCUT2D eigenvalue weighted by Gasteiger charge is -2.40. The molecule has 3 atom stereocenters. The van der Waals surface area contributed by atoms with Crippen LogP contribution in [0.3, 0.4) is 0 Å². The third-order valence-corrected chi connectivity index (χ3v) is 8.52.